The molecule has 1 N–H and O–H groups in total. The predicted molar refractivity (Wildman–Crippen MR) is 74.3 cm³/mol. The molecule has 2 rings (SSSR count). The molecule has 5 heteroatoms. The standard InChI is InChI=1S/C14H21N3O2/c1-10(12-6-7-19-9-12)16-13-5-4-11(8-15-13)14(18)17(2)3/h4-5,8,10,12H,6-7,9H2,1-3H3,(H,15,16). The van der Waals surface area contributed by atoms with E-state index in [1.807, 2.05) is 6.07 Å². The highest BCUT2D eigenvalue weighted by atomic mass is 16.5. The van der Waals surface area contributed by atoms with Gasteiger partial charge in [0.15, 0.2) is 0 Å². The predicted octanol–water partition coefficient (Wildman–Crippen LogP) is 1.62. The van der Waals surface area contributed by atoms with E-state index in [1.165, 1.54) is 0 Å². The summed E-state index contributed by atoms with van der Waals surface area (Å²) in [5.74, 6) is 1.30. The summed E-state index contributed by atoms with van der Waals surface area (Å²) in [5, 5.41) is 3.36. The number of nitrogens with one attached hydrogen (secondary N) is 1. The Hall–Kier alpha value is -1.62. The van der Waals surface area contributed by atoms with Crippen LogP contribution >= 0.6 is 0 Å². The van der Waals surface area contributed by atoms with Crippen LogP contribution in [0.15, 0.2) is 18.3 Å². The maximum Gasteiger partial charge on any atom is 0.254 e. The maximum absolute atomic E-state index is 11.7. The summed E-state index contributed by atoms with van der Waals surface area (Å²) < 4.78 is 5.38. The van der Waals surface area contributed by atoms with Gasteiger partial charge in [0, 0.05) is 38.9 Å². The van der Waals surface area contributed by atoms with E-state index < -0.39 is 0 Å². The summed E-state index contributed by atoms with van der Waals surface area (Å²) in [6.07, 6.45) is 2.70. The average Bonchev–Trinajstić information content (AvgIpc) is 2.92. The van der Waals surface area contributed by atoms with E-state index in [4.69, 9.17) is 4.74 Å². The van der Waals surface area contributed by atoms with Crippen LogP contribution < -0.4 is 5.32 Å². The summed E-state index contributed by atoms with van der Waals surface area (Å²) in [5.41, 5.74) is 0.604. The number of ether oxygens (including phenoxy) is 1. The molecule has 0 aromatic carbocycles. The van der Waals surface area contributed by atoms with E-state index in [-0.39, 0.29) is 5.91 Å². The highest BCUT2D eigenvalue weighted by molar-refractivity contribution is 5.93. The Balaban J connectivity index is 1.96. The van der Waals surface area contributed by atoms with Gasteiger partial charge in [0.1, 0.15) is 5.82 Å². The minimum absolute atomic E-state index is 0.0312. The van der Waals surface area contributed by atoms with Gasteiger partial charge in [0.05, 0.1) is 12.2 Å². The summed E-state index contributed by atoms with van der Waals surface area (Å²) in [6.45, 7) is 3.80. The smallest absolute Gasteiger partial charge is 0.254 e. The molecule has 1 amide bonds. The Morgan fingerprint density at radius 3 is 2.84 bits per heavy atom. The van der Waals surface area contributed by atoms with Gasteiger partial charge in [-0.1, -0.05) is 0 Å². The van der Waals surface area contributed by atoms with Crippen molar-refractivity contribution in [3.63, 3.8) is 0 Å². The monoisotopic (exact) mass is 263 g/mol. The first-order chi connectivity index (χ1) is 9.08. The first-order valence-corrected chi connectivity index (χ1v) is 6.60. The molecule has 0 bridgehead atoms. The first kappa shape index (κ1) is 13.8. The van der Waals surface area contributed by atoms with Crippen molar-refractivity contribution in [1.29, 1.82) is 0 Å². The first-order valence-electron chi connectivity index (χ1n) is 6.60. The summed E-state index contributed by atoms with van der Waals surface area (Å²) in [6, 6.07) is 3.98. The van der Waals surface area contributed by atoms with Crippen LogP contribution in [0.3, 0.4) is 0 Å². The third-order valence-electron chi connectivity index (χ3n) is 3.46. The lowest BCUT2D eigenvalue weighted by atomic mass is 10.0. The van der Waals surface area contributed by atoms with E-state index in [1.54, 1.807) is 31.3 Å². The normalized spacial score (nSPS) is 20.1. The van der Waals surface area contributed by atoms with E-state index in [0.29, 0.717) is 17.5 Å². The molecule has 104 valence electrons. The van der Waals surface area contributed by atoms with Gasteiger partial charge in [-0.3, -0.25) is 4.79 Å². The van der Waals surface area contributed by atoms with E-state index in [2.05, 4.69) is 17.2 Å². The quantitative estimate of drug-likeness (QED) is 0.897. The second-order valence-electron chi connectivity index (χ2n) is 5.19. The Labute approximate surface area is 114 Å². The number of rotatable bonds is 4. The topological polar surface area (TPSA) is 54.5 Å². The number of hydrogen-bond donors (Lipinski definition) is 1. The summed E-state index contributed by atoms with van der Waals surface area (Å²) in [7, 11) is 3.47. The van der Waals surface area contributed by atoms with Crippen LogP contribution in [0.25, 0.3) is 0 Å². The summed E-state index contributed by atoms with van der Waals surface area (Å²) in [4.78, 5) is 17.6. The fourth-order valence-electron chi connectivity index (χ4n) is 2.16. The largest absolute Gasteiger partial charge is 0.381 e. The lowest BCUT2D eigenvalue weighted by Crippen LogP contribution is -2.26. The molecule has 0 radical (unpaired) electrons. The number of anilines is 1. The Morgan fingerprint density at radius 2 is 2.32 bits per heavy atom. The van der Waals surface area contributed by atoms with Crippen LogP contribution in [-0.4, -0.2) is 49.1 Å². The molecule has 1 aromatic heterocycles. The maximum atomic E-state index is 11.7. The van der Waals surface area contributed by atoms with Crippen LogP contribution in [0.4, 0.5) is 5.82 Å². The van der Waals surface area contributed by atoms with Crippen LogP contribution in [0.5, 0.6) is 0 Å². The van der Waals surface area contributed by atoms with Crippen molar-refractivity contribution in [2.24, 2.45) is 5.92 Å². The van der Waals surface area contributed by atoms with Crippen molar-refractivity contribution >= 4 is 11.7 Å². The molecule has 2 heterocycles. The van der Waals surface area contributed by atoms with Gasteiger partial charge in [-0.2, -0.15) is 0 Å². The van der Waals surface area contributed by atoms with Gasteiger partial charge in [-0.05, 0) is 25.5 Å². The number of hydrogen-bond acceptors (Lipinski definition) is 4. The highest BCUT2D eigenvalue weighted by Crippen LogP contribution is 2.19. The minimum Gasteiger partial charge on any atom is -0.381 e. The molecular formula is C14H21N3O2. The highest BCUT2D eigenvalue weighted by Gasteiger charge is 2.22. The average molecular weight is 263 g/mol. The van der Waals surface area contributed by atoms with Crippen molar-refractivity contribution < 1.29 is 9.53 Å². The van der Waals surface area contributed by atoms with Crippen molar-refractivity contribution in [3.05, 3.63) is 23.9 Å². The molecule has 2 unspecified atom stereocenters. The molecule has 19 heavy (non-hydrogen) atoms. The van der Waals surface area contributed by atoms with Crippen molar-refractivity contribution in [3.8, 4) is 0 Å². The number of carbonyl (C=O) groups is 1. The zero-order valence-corrected chi connectivity index (χ0v) is 11.7. The number of aromatic nitrogens is 1. The van der Waals surface area contributed by atoms with E-state index in [0.717, 1.165) is 25.5 Å². The van der Waals surface area contributed by atoms with Crippen LogP contribution in [-0.2, 0) is 4.74 Å². The second-order valence-corrected chi connectivity index (χ2v) is 5.19. The molecule has 0 aliphatic carbocycles. The van der Waals surface area contributed by atoms with Gasteiger partial charge in [-0.25, -0.2) is 4.98 Å². The lowest BCUT2D eigenvalue weighted by Gasteiger charge is -2.20. The SMILES string of the molecule is CC(Nc1ccc(C(=O)N(C)C)cn1)C1CCOC1. The number of carbonyl (C=O) groups excluding carboxylic acids is 1. The van der Waals surface area contributed by atoms with Gasteiger partial charge >= 0.3 is 0 Å². The Bertz CT molecular complexity index is 425. The molecule has 1 aromatic rings. The van der Waals surface area contributed by atoms with Crippen molar-refractivity contribution in [2.45, 2.75) is 19.4 Å². The van der Waals surface area contributed by atoms with E-state index in [9.17, 15) is 4.79 Å². The number of pyridine rings is 1. The van der Waals surface area contributed by atoms with Gasteiger partial charge in [-0.15, -0.1) is 0 Å². The van der Waals surface area contributed by atoms with Crippen LogP contribution in [0.2, 0.25) is 0 Å². The Kier molecular flexibility index (Phi) is 4.37. The van der Waals surface area contributed by atoms with Gasteiger partial charge in [0.2, 0.25) is 0 Å². The fraction of sp³-hybridized carbons (Fsp3) is 0.571. The van der Waals surface area contributed by atoms with Crippen LogP contribution in [0.1, 0.15) is 23.7 Å². The van der Waals surface area contributed by atoms with E-state index >= 15 is 0 Å². The third kappa shape index (κ3) is 3.44. The molecule has 0 spiro atoms. The molecule has 2 atom stereocenters. The molecule has 1 aliphatic heterocycles. The minimum atomic E-state index is -0.0312. The zero-order chi connectivity index (χ0) is 13.8. The van der Waals surface area contributed by atoms with Crippen molar-refractivity contribution in [2.75, 3.05) is 32.6 Å². The molecule has 0 saturated carbocycles. The molecule has 1 aliphatic rings. The van der Waals surface area contributed by atoms with Gasteiger partial charge < -0.3 is 15.0 Å². The zero-order valence-electron chi connectivity index (χ0n) is 11.7. The molecular weight excluding hydrogens is 242 g/mol. The molecule has 1 saturated heterocycles. The molecule has 1 fully saturated rings. The van der Waals surface area contributed by atoms with Crippen molar-refractivity contribution in [1.82, 2.24) is 9.88 Å². The number of nitrogens with zero attached hydrogens (tertiary/aromatic N) is 2. The lowest BCUT2D eigenvalue weighted by molar-refractivity contribution is 0.0827. The third-order valence-corrected chi connectivity index (χ3v) is 3.46. The number of amides is 1. The summed E-state index contributed by atoms with van der Waals surface area (Å²) >= 11 is 0. The molecule has 5 nitrogen and oxygen atoms in total. The van der Waals surface area contributed by atoms with Crippen LogP contribution in [0, 0.1) is 5.92 Å². The second kappa shape index (κ2) is 6.02. The Morgan fingerprint density at radius 1 is 1.53 bits per heavy atom. The van der Waals surface area contributed by atoms with Gasteiger partial charge in [0.25, 0.3) is 5.91 Å². The fourth-order valence-corrected chi connectivity index (χ4v) is 2.16.